The topological polar surface area (TPSA) is 61.1 Å². The molecule has 1 rings (SSSR count). The Morgan fingerprint density at radius 2 is 2.31 bits per heavy atom. The lowest BCUT2D eigenvalue weighted by atomic mass is 10.3. The van der Waals surface area contributed by atoms with Crippen molar-refractivity contribution in [1.82, 2.24) is 0 Å². The Balaban J connectivity index is 2.94. The van der Waals surface area contributed by atoms with E-state index in [4.69, 9.17) is 0 Å². The van der Waals surface area contributed by atoms with Crippen LogP contribution in [0.25, 0.3) is 0 Å². The molecule has 1 aromatic rings. The lowest BCUT2D eigenvalue weighted by Gasteiger charge is -2.13. The Kier molecular flexibility index (Phi) is 3.40. The van der Waals surface area contributed by atoms with Gasteiger partial charge in [0.15, 0.2) is 16.3 Å². The van der Waals surface area contributed by atoms with Crippen LogP contribution < -0.4 is 4.57 Å². The fourth-order valence-electron chi connectivity index (χ4n) is 1.10. The smallest absolute Gasteiger partial charge is 0.246 e. The Morgan fingerprint density at radius 1 is 1.62 bits per heavy atom. The number of rotatable bonds is 4. The summed E-state index contributed by atoms with van der Waals surface area (Å²) in [7, 11) is -4.23. The maximum Gasteiger partial charge on any atom is 0.246 e. The molecule has 0 N–H and O–H groups in total. The van der Waals surface area contributed by atoms with Gasteiger partial charge in [-0.2, -0.15) is 4.57 Å². The second kappa shape index (κ2) is 4.17. The lowest BCUT2D eigenvalue weighted by Crippen LogP contribution is -2.41. The summed E-state index contributed by atoms with van der Waals surface area (Å²) in [5, 5.41) is 0.803. The standard InChI is InChI=1S/C7H11NO3S2/c1-2-3-7(13(9,10)11)8-4-5-12-6-8/h4-7H,2-3H2,1H3. The van der Waals surface area contributed by atoms with Crippen LogP contribution >= 0.6 is 11.3 Å². The van der Waals surface area contributed by atoms with Crippen LogP contribution in [0.5, 0.6) is 0 Å². The normalized spacial score (nSPS) is 14.3. The summed E-state index contributed by atoms with van der Waals surface area (Å²) in [6.07, 6.45) is 2.66. The van der Waals surface area contributed by atoms with E-state index in [1.54, 1.807) is 17.1 Å². The van der Waals surface area contributed by atoms with Crippen LogP contribution in [-0.4, -0.2) is 13.0 Å². The third-order valence-electron chi connectivity index (χ3n) is 1.70. The van der Waals surface area contributed by atoms with Gasteiger partial charge in [-0.25, -0.2) is 8.42 Å². The zero-order valence-corrected chi connectivity index (χ0v) is 8.85. The molecule has 0 aliphatic heterocycles. The zero-order chi connectivity index (χ0) is 9.90. The molecule has 0 bridgehead atoms. The highest BCUT2D eigenvalue weighted by atomic mass is 32.2. The van der Waals surface area contributed by atoms with Crippen molar-refractivity contribution in [1.29, 1.82) is 0 Å². The van der Waals surface area contributed by atoms with Crippen molar-refractivity contribution in [3.8, 4) is 0 Å². The first-order valence-corrected chi connectivity index (χ1v) is 6.34. The van der Waals surface area contributed by atoms with Crippen LogP contribution in [0.1, 0.15) is 25.1 Å². The minimum absolute atomic E-state index is 0.368. The van der Waals surface area contributed by atoms with Crippen LogP contribution in [0.4, 0.5) is 0 Å². The number of aromatic nitrogens is 1. The summed E-state index contributed by atoms with van der Waals surface area (Å²) in [5.41, 5.74) is 1.63. The van der Waals surface area contributed by atoms with Crippen molar-refractivity contribution in [2.24, 2.45) is 0 Å². The number of nitrogens with zero attached hydrogens (tertiary/aromatic N) is 1. The van der Waals surface area contributed by atoms with E-state index in [0.717, 1.165) is 0 Å². The highest BCUT2D eigenvalue weighted by molar-refractivity contribution is 7.85. The fraction of sp³-hybridized carbons (Fsp3) is 0.571. The molecule has 1 aromatic heterocycles. The van der Waals surface area contributed by atoms with Gasteiger partial charge in [-0.05, 0) is 6.42 Å². The van der Waals surface area contributed by atoms with Gasteiger partial charge in [-0.3, -0.25) is 0 Å². The first-order chi connectivity index (χ1) is 6.05. The predicted molar refractivity (Wildman–Crippen MR) is 48.2 cm³/mol. The van der Waals surface area contributed by atoms with Gasteiger partial charge in [0.1, 0.15) is 0 Å². The molecule has 0 radical (unpaired) electrons. The summed E-state index contributed by atoms with van der Waals surface area (Å²) < 4.78 is 34.0. The number of hydrogen-bond donors (Lipinski definition) is 0. The van der Waals surface area contributed by atoms with Crippen molar-refractivity contribution in [2.75, 3.05) is 0 Å². The molecule has 6 heteroatoms. The highest BCUT2D eigenvalue weighted by Crippen LogP contribution is 2.13. The van der Waals surface area contributed by atoms with Crippen LogP contribution in [0.3, 0.4) is 0 Å². The maximum absolute atomic E-state index is 10.8. The molecule has 0 fully saturated rings. The molecule has 0 spiro atoms. The molecule has 1 heterocycles. The average Bonchev–Trinajstić information content (AvgIpc) is 2.49. The summed E-state index contributed by atoms with van der Waals surface area (Å²) >= 11 is 1.37. The average molecular weight is 221 g/mol. The van der Waals surface area contributed by atoms with Gasteiger partial charge >= 0.3 is 0 Å². The summed E-state index contributed by atoms with van der Waals surface area (Å²) in [5.74, 6) is 0. The van der Waals surface area contributed by atoms with E-state index < -0.39 is 15.5 Å². The minimum Gasteiger partial charge on any atom is -0.743 e. The molecular formula is C7H11NO3S2. The highest BCUT2D eigenvalue weighted by Gasteiger charge is 2.24. The van der Waals surface area contributed by atoms with Crippen LogP contribution in [-0.2, 0) is 10.1 Å². The second-order valence-electron chi connectivity index (χ2n) is 2.71. The summed E-state index contributed by atoms with van der Waals surface area (Å²) in [6.45, 7) is 1.85. The minimum atomic E-state index is -4.23. The van der Waals surface area contributed by atoms with Crippen LogP contribution in [0, 0.1) is 0 Å². The molecule has 1 atom stereocenters. The number of hydrogen-bond acceptors (Lipinski definition) is 4. The molecule has 0 aromatic carbocycles. The Labute approximate surface area is 81.6 Å². The molecule has 0 saturated heterocycles. The van der Waals surface area contributed by atoms with E-state index in [1.165, 1.54) is 15.9 Å². The van der Waals surface area contributed by atoms with E-state index in [0.29, 0.717) is 12.8 Å². The van der Waals surface area contributed by atoms with Crippen molar-refractivity contribution >= 4 is 21.5 Å². The predicted octanol–water partition coefficient (Wildman–Crippen LogP) is 0.880. The maximum atomic E-state index is 10.8. The van der Waals surface area contributed by atoms with E-state index in [1.807, 2.05) is 6.92 Å². The SMILES string of the molecule is CCCC([n+]1ccsc1)S(=O)(=O)[O-]. The van der Waals surface area contributed by atoms with E-state index in [-0.39, 0.29) is 0 Å². The van der Waals surface area contributed by atoms with Gasteiger partial charge in [0.2, 0.25) is 10.9 Å². The third-order valence-corrected chi connectivity index (χ3v) is 3.49. The molecule has 0 aliphatic carbocycles. The zero-order valence-electron chi connectivity index (χ0n) is 7.21. The van der Waals surface area contributed by atoms with Crippen molar-refractivity contribution in [2.45, 2.75) is 25.1 Å². The molecule has 13 heavy (non-hydrogen) atoms. The third kappa shape index (κ3) is 2.75. The van der Waals surface area contributed by atoms with Gasteiger partial charge in [-0.15, -0.1) is 0 Å². The molecule has 4 nitrogen and oxygen atoms in total. The molecule has 0 amide bonds. The molecule has 0 saturated carbocycles. The molecule has 74 valence electrons. The Hall–Kier alpha value is -0.460. The lowest BCUT2D eigenvalue weighted by molar-refractivity contribution is -0.698. The molecule has 1 unspecified atom stereocenters. The summed E-state index contributed by atoms with van der Waals surface area (Å²) in [6, 6.07) is 0. The van der Waals surface area contributed by atoms with E-state index in [9.17, 15) is 13.0 Å². The second-order valence-corrected chi connectivity index (χ2v) is 4.99. The van der Waals surface area contributed by atoms with Crippen molar-refractivity contribution in [3.63, 3.8) is 0 Å². The largest absolute Gasteiger partial charge is 0.743 e. The van der Waals surface area contributed by atoms with Gasteiger partial charge in [0, 0.05) is 6.42 Å². The van der Waals surface area contributed by atoms with Gasteiger partial charge in [0.05, 0.1) is 5.38 Å². The first kappa shape index (κ1) is 10.6. The van der Waals surface area contributed by atoms with E-state index >= 15 is 0 Å². The van der Waals surface area contributed by atoms with Gasteiger partial charge in [-0.1, -0.05) is 18.3 Å². The van der Waals surface area contributed by atoms with Gasteiger partial charge < -0.3 is 4.55 Å². The monoisotopic (exact) mass is 221 g/mol. The first-order valence-electron chi connectivity index (χ1n) is 3.93. The Bertz CT molecular complexity index is 344. The molecular weight excluding hydrogens is 210 g/mol. The fourth-order valence-corrected chi connectivity index (χ4v) is 2.77. The van der Waals surface area contributed by atoms with Crippen molar-refractivity contribution < 1.29 is 17.5 Å². The molecule has 0 aliphatic rings. The number of thiazole rings is 1. The van der Waals surface area contributed by atoms with Crippen molar-refractivity contribution in [3.05, 3.63) is 17.1 Å². The van der Waals surface area contributed by atoms with Crippen LogP contribution in [0.2, 0.25) is 0 Å². The van der Waals surface area contributed by atoms with Crippen LogP contribution in [0.15, 0.2) is 17.1 Å². The summed E-state index contributed by atoms with van der Waals surface area (Å²) in [4.78, 5) is 0. The van der Waals surface area contributed by atoms with E-state index in [2.05, 4.69) is 0 Å². The quantitative estimate of drug-likeness (QED) is 0.560. The van der Waals surface area contributed by atoms with Gasteiger partial charge in [0.25, 0.3) is 0 Å². The Morgan fingerprint density at radius 3 is 2.69 bits per heavy atom.